The van der Waals surface area contributed by atoms with Crippen LogP contribution in [0.3, 0.4) is 0 Å². The average Bonchev–Trinajstić information content (AvgIpc) is 3.03. The van der Waals surface area contributed by atoms with Gasteiger partial charge in [-0.05, 0) is 42.0 Å². The summed E-state index contributed by atoms with van der Waals surface area (Å²) in [7, 11) is 0. The van der Waals surface area contributed by atoms with Crippen LogP contribution in [0, 0.1) is 0 Å². The highest BCUT2D eigenvalue weighted by Crippen LogP contribution is 2.35. The zero-order valence-corrected chi connectivity index (χ0v) is 12.3. The smallest absolute Gasteiger partial charge is 0.127 e. The van der Waals surface area contributed by atoms with Gasteiger partial charge in [-0.15, -0.1) is 22.7 Å². The van der Waals surface area contributed by atoms with E-state index in [0.29, 0.717) is 0 Å². The van der Waals surface area contributed by atoms with Crippen LogP contribution in [0.15, 0.2) is 29.7 Å². The molecule has 0 aliphatic heterocycles. The van der Waals surface area contributed by atoms with Gasteiger partial charge in [0.05, 0.1) is 16.8 Å². The molecule has 0 bridgehead atoms. The molecule has 5 heteroatoms. The number of hydrogen-bond acceptors (Lipinski definition) is 5. The van der Waals surface area contributed by atoms with Crippen LogP contribution in [0.1, 0.15) is 16.7 Å². The Morgan fingerprint density at radius 1 is 1.44 bits per heavy atom. The lowest BCUT2D eigenvalue weighted by atomic mass is 10.4. The number of nitrogens with zero attached hydrogens (tertiary/aromatic N) is 1. The van der Waals surface area contributed by atoms with Crippen molar-refractivity contribution in [3.8, 4) is 0 Å². The summed E-state index contributed by atoms with van der Waals surface area (Å²) < 4.78 is 5.75. The molecule has 0 aliphatic rings. The molecule has 0 fully saturated rings. The fourth-order valence-electron chi connectivity index (χ4n) is 1.71. The van der Waals surface area contributed by atoms with Gasteiger partial charge in [0, 0.05) is 9.75 Å². The molecule has 0 aliphatic carbocycles. The first-order valence-corrected chi connectivity index (χ1v) is 8.12. The van der Waals surface area contributed by atoms with E-state index in [2.05, 4.69) is 45.4 Å². The molecule has 0 unspecified atom stereocenters. The Morgan fingerprint density at radius 2 is 2.39 bits per heavy atom. The Labute approximate surface area is 118 Å². The summed E-state index contributed by atoms with van der Waals surface area (Å²) in [4.78, 5) is 2.61. The van der Waals surface area contributed by atoms with Gasteiger partial charge in [0.2, 0.25) is 0 Å². The van der Waals surface area contributed by atoms with Crippen molar-refractivity contribution in [1.29, 1.82) is 0 Å². The van der Waals surface area contributed by atoms with Crippen molar-refractivity contribution in [3.63, 3.8) is 0 Å². The van der Waals surface area contributed by atoms with Gasteiger partial charge in [-0.25, -0.2) is 0 Å². The molecule has 3 aromatic heterocycles. The fraction of sp³-hybridized carbons (Fsp3) is 0.154. The van der Waals surface area contributed by atoms with Crippen LogP contribution in [0.5, 0.6) is 0 Å². The first-order chi connectivity index (χ1) is 8.86. The van der Waals surface area contributed by atoms with Crippen molar-refractivity contribution in [2.24, 2.45) is 0 Å². The van der Waals surface area contributed by atoms with E-state index in [-0.39, 0.29) is 0 Å². The molecular formula is C13H12N2S3. The molecule has 3 heterocycles. The molecule has 0 atom stereocenters. The standard InChI is InChI=1S/C13H12N2S3/c1-2-4-9-7-11-12(17-9)13(18-15-11)14-8-10-5-3-6-16-10/h2-7,14H,8H2,1H3/b4-2-. The molecule has 0 amide bonds. The van der Waals surface area contributed by atoms with E-state index >= 15 is 0 Å². The lowest BCUT2D eigenvalue weighted by molar-refractivity contribution is 1.21. The maximum absolute atomic E-state index is 4.48. The summed E-state index contributed by atoms with van der Waals surface area (Å²) in [5.41, 5.74) is 1.10. The van der Waals surface area contributed by atoms with E-state index in [9.17, 15) is 0 Å². The molecule has 0 radical (unpaired) electrons. The molecule has 0 saturated carbocycles. The Morgan fingerprint density at radius 3 is 3.17 bits per heavy atom. The second-order valence-corrected chi connectivity index (χ2v) is 6.70. The molecule has 3 rings (SSSR count). The lowest BCUT2D eigenvalue weighted by Gasteiger charge is -1.99. The van der Waals surface area contributed by atoms with Crippen LogP contribution < -0.4 is 5.32 Å². The van der Waals surface area contributed by atoms with Crippen molar-refractivity contribution in [1.82, 2.24) is 4.37 Å². The predicted octanol–water partition coefficient (Wildman–Crippen LogP) is 5.06. The summed E-state index contributed by atoms with van der Waals surface area (Å²) in [5, 5.41) is 6.76. The number of hydrogen-bond donors (Lipinski definition) is 1. The van der Waals surface area contributed by atoms with Crippen LogP contribution in [0.2, 0.25) is 0 Å². The van der Waals surface area contributed by atoms with Crippen LogP contribution in [-0.4, -0.2) is 4.37 Å². The predicted molar refractivity (Wildman–Crippen MR) is 83.9 cm³/mol. The highest BCUT2D eigenvalue weighted by Gasteiger charge is 2.09. The minimum absolute atomic E-state index is 0.881. The van der Waals surface area contributed by atoms with E-state index in [0.717, 1.165) is 12.1 Å². The van der Waals surface area contributed by atoms with Gasteiger partial charge < -0.3 is 5.32 Å². The summed E-state index contributed by atoms with van der Waals surface area (Å²) in [6.45, 7) is 2.92. The van der Waals surface area contributed by atoms with E-state index in [1.54, 1.807) is 34.2 Å². The van der Waals surface area contributed by atoms with Gasteiger partial charge in [-0.2, -0.15) is 4.37 Å². The summed E-state index contributed by atoms with van der Waals surface area (Å²) in [5.74, 6) is 0. The average molecular weight is 292 g/mol. The van der Waals surface area contributed by atoms with E-state index < -0.39 is 0 Å². The van der Waals surface area contributed by atoms with E-state index in [4.69, 9.17) is 0 Å². The third-order valence-corrected chi connectivity index (χ3v) is 5.44. The van der Waals surface area contributed by atoms with Crippen LogP contribution in [0.4, 0.5) is 5.00 Å². The third kappa shape index (κ3) is 2.34. The molecule has 2 nitrogen and oxygen atoms in total. The maximum Gasteiger partial charge on any atom is 0.127 e. The Hall–Kier alpha value is -1.17. The minimum Gasteiger partial charge on any atom is -0.370 e. The third-order valence-electron chi connectivity index (χ3n) is 2.51. The quantitative estimate of drug-likeness (QED) is 0.726. The van der Waals surface area contributed by atoms with Crippen molar-refractivity contribution in [2.75, 3.05) is 5.32 Å². The number of rotatable bonds is 4. The van der Waals surface area contributed by atoms with Gasteiger partial charge in [0.25, 0.3) is 0 Å². The Balaban J connectivity index is 1.83. The first kappa shape index (κ1) is 11.9. The highest BCUT2D eigenvalue weighted by atomic mass is 32.1. The SMILES string of the molecule is C/C=C\c1cc2nsc(NCc3cccs3)c2s1. The van der Waals surface area contributed by atoms with Crippen LogP contribution >= 0.6 is 34.2 Å². The molecule has 18 heavy (non-hydrogen) atoms. The van der Waals surface area contributed by atoms with Crippen molar-refractivity contribution < 1.29 is 0 Å². The number of fused-ring (bicyclic) bond motifs is 1. The van der Waals surface area contributed by atoms with Gasteiger partial charge >= 0.3 is 0 Å². The lowest BCUT2D eigenvalue weighted by Crippen LogP contribution is -1.94. The Kier molecular flexibility index (Phi) is 3.45. The van der Waals surface area contributed by atoms with Crippen molar-refractivity contribution in [2.45, 2.75) is 13.5 Å². The normalized spacial score (nSPS) is 11.6. The van der Waals surface area contributed by atoms with Crippen LogP contribution in [-0.2, 0) is 6.54 Å². The molecule has 1 N–H and O–H groups in total. The zero-order chi connectivity index (χ0) is 12.4. The topological polar surface area (TPSA) is 24.9 Å². The zero-order valence-electron chi connectivity index (χ0n) is 9.84. The number of nitrogens with one attached hydrogen (secondary N) is 1. The number of allylic oxidation sites excluding steroid dienone is 1. The number of anilines is 1. The molecule has 0 aromatic carbocycles. The molecule has 3 aromatic rings. The van der Waals surface area contributed by atoms with Gasteiger partial charge in [0.1, 0.15) is 5.00 Å². The van der Waals surface area contributed by atoms with E-state index in [1.165, 1.54) is 19.5 Å². The summed E-state index contributed by atoms with van der Waals surface area (Å²) >= 11 is 5.12. The second-order valence-electron chi connectivity index (χ2n) is 3.81. The minimum atomic E-state index is 0.881. The van der Waals surface area contributed by atoms with Gasteiger partial charge in [0.15, 0.2) is 0 Å². The first-order valence-electron chi connectivity index (χ1n) is 5.65. The summed E-state index contributed by atoms with van der Waals surface area (Å²) in [6, 6.07) is 6.38. The second kappa shape index (κ2) is 5.22. The fourth-order valence-corrected chi connectivity index (χ4v) is 4.29. The summed E-state index contributed by atoms with van der Waals surface area (Å²) in [6.07, 6.45) is 4.19. The molecule has 92 valence electrons. The van der Waals surface area contributed by atoms with Gasteiger partial charge in [-0.3, -0.25) is 0 Å². The van der Waals surface area contributed by atoms with Crippen molar-refractivity contribution in [3.05, 3.63) is 39.4 Å². The number of thiophene rings is 2. The highest BCUT2D eigenvalue weighted by molar-refractivity contribution is 7.25. The number of aromatic nitrogens is 1. The molecule has 0 saturated heterocycles. The monoisotopic (exact) mass is 292 g/mol. The van der Waals surface area contributed by atoms with E-state index in [1.807, 2.05) is 6.92 Å². The molecular weight excluding hydrogens is 280 g/mol. The van der Waals surface area contributed by atoms with Crippen LogP contribution in [0.25, 0.3) is 16.3 Å². The maximum atomic E-state index is 4.48. The van der Waals surface area contributed by atoms with Crippen molar-refractivity contribution >= 4 is 55.5 Å². The molecule has 0 spiro atoms. The largest absolute Gasteiger partial charge is 0.370 e. The van der Waals surface area contributed by atoms with Gasteiger partial charge in [-0.1, -0.05) is 12.1 Å². The Bertz CT molecular complexity index is 662.